The van der Waals surface area contributed by atoms with Gasteiger partial charge in [0, 0.05) is 22.1 Å². The van der Waals surface area contributed by atoms with E-state index >= 15 is 0 Å². The maximum absolute atomic E-state index is 12.5. The molecule has 1 amide bonds. The van der Waals surface area contributed by atoms with Crippen LogP contribution in [0.15, 0.2) is 54.6 Å². The highest BCUT2D eigenvalue weighted by atomic mass is 127. The van der Waals surface area contributed by atoms with Crippen LogP contribution in [-0.4, -0.2) is 23.1 Å². The smallest absolute Gasteiger partial charge is 0.410 e. The first-order valence-electron chi connectivity index (χ1n) is 8.09. The van der Waals surface area contributed by atoms with Crippen LogP contribution >= 0.6 is 22.6 Å². The molecule has 128 valence electrons. The molecule has 0 radical (unpaired) electrons. The van der Waals surface area contributed by atoms with Crippen molar-refractivity contribution in [2.24, 2.45) is 0 Å². The molecule has 0 saturated heterocycles. The third kappa shape index (κ3) is 5.82. The summed E-state index contributed by atoms with van der Waals surface area (Å²) >= 11 is 2.28. The number of amides is 1. The van der Waals surface area contributed by atoms with Gasteiger partial charge in [-0.1, -0.05) is 42.5 Å². The van der Waals surface area contributed by atoms with E-state index in [1.807, 2.05) is 51.1 Å². The van der Waals surface area contributed by atoms with Crippen LogP contribution in [0.3, 0.4) is 0 Å². The molecule has 0 aromatic heterocycles. The second kappa shape index (κ2) is 8.51. The molecule has 2 rings (SSSR count). The van der Waals surface area contributed by atoms with Gasteiger partial charge in [0.15, 0.2) is 0 Å². The maximum atomic E-state index is 12.5. The highest BCUT2D eigenvalue weighted by Crippen LogP contribution is 2.19. The fourth-order valence-corrected chi connectivity index (χ4v) is 2.69. The molecule has 4 heteroatoms. The number of rotatable bonds is 5. The number of hydrogen-bond donors (Lipinski definition) is 0. The molecule has 0 spiro atoms. The molecule has 0 N–H and O–H groups in total. The largest absolute Gasteiger partial charge is 0.449 e. The van der Waals surface area contributed by atoms with Crippen molar-refractivity contribution in [2.75, 3.05) is 6.61 Å². The van der Waals surface area contributed by atoms with Gasteiger partial charge in [-0.25, -0.2) is 4.79 Å². The van der Waals surface area contributed by atoms with Gasteiger partial charge in [0.2, 0.25) is 0 Å². The van der Waals surface area contributed by atoms with Crippen LogP contribution in [0.5, 0.6) is 0 Å². The SMILES string of the molecule is CC(C)(C)N(Cc1ccccc1)C(=O)OCCc1ccc(I)cc1. The third-order valence-electron chi connectivity index (χ3n) is 3.74. The van der Waals surface area contributed by atoms with Crippen LogP contribution in [0.1, 0.15) is 31.9 Å². The lowest BCUT2D eigenvalue weighted by Gasteiger charge is -2.34. The zero-order valence-electron chi connectivity index (χ0n) is 14.5. The Hall–Kier alpha value is -1.56. The van der Waals surface area contributed by atoms with Crippen molar-refractivity contribution < 1.29 is 9.53 Å². The van der Waals surface area contributed by atoms with Crippen molar-refractivity contribution in [3.8, 4) is 0 Å². The Balaban J connectivity index is 1.94. The summed E-state index contributed by atoms with van der Waals surface area (Å²) in [5.41, 5.74) is 1.98. The molecule has 0 fully saturated rings. The minimum absolute atomic E-state index is 0.267. The van der Waals surface area contributed by atoms with Gasteiger partial charge in [-0.2, -0.15) is 0 Å². The average molecular weight is 437 g/mol. The van der Waals surface area contributed by atoms with Crippen molar-refractivity contribution >= 4 is 28.7 Å². The molecule has 24 heavy (non-hydrogen) atoms. The molecule has 2 aromatic rings. The fraction of sp³-hybridized carbons (Fsp3) is 0.350. The number of nitrogens with zero attached hydrogens (tertiary/aromatic N) is 1. The Kier molecular flexibility index (Phi) is 6.66. The van der Waals surface area contributed by atoms with Crippen LogP contribution < -0.4 is 0 Å². The summed E-state index contributed by atoms with van der Waals surface area (Å²) in [5, 5.41) is 0. The topological polar surface area (TPSA) is 29.5 Å². The number of benzene rings is 2. The Morgan fingerprint density at radius 1 is 1.00 bits per heavy atom. The first-order valence-corrected chi connectivity index (χ1v) is 9.17. The Labute approximate surface area is 158 Å². The quantitative estimate of drug-likeness (QED) is 0.597. The van der Waals surface area contributed by atoms with Gasteiger partial charge >= 0.3 is 6.09 Å². The van der Waals surface area contributed by atoms with E-state index in [2.05, 4.69) is 46.9 Å². The monoisotopic (exact) mass is 437 g/mol. The number of ether oxygens (including phenoxy) is 1. The van der Waals surface area contributed by atoms with Crippen LogP contribution in [0.4, 0.5) is 4.79 Å². The molecule has 0 aliphatic carbocycles. The highest BCUT2D eigenvalue weighted by Gasteiger charge is 2.27. The standard InChI is InChI=1S/C20H24INO2/c1-20(2,3)22(15-17-7-5-4-6-8-17)19(23)24-14-13-16-9-11-18(21)12-10-16/h4-12H,13-15H2,1-3H3. The minimum Gasteiger partial charge on any atom is -0.449 e. The summed E-state index contributed by atoms with van der Waals surface area (Å²) in [6, 6.07) is 18.3. The van der Waals surface area contributed by atoms with E-state index in [0.717, 1.165) is 12.0 Å². The molecular formula is C20H24INO2. The Morgan fingerprint density at radius 2 is 1.62 bits per heavy atom. The van der Waals surface area contributed by atoms with Crippen LogP contribution in [0.25, 0.3) is 0 Å². The van der Waals surface area contributed by atoms with E-state index in [4.69, 9.17) is 4.74 Å². The lowest BCUT2D eigenvalue weighted by Crippen LogP contribution is -2.45. The lowest BCUT2D eigenvalue weighted by molar-refractivity contribution is 0.0644. The van der Waals surface area contributed by atoms with Crippen molar-refractivity contribution in [3.05, 3.63) is 69.3 Å². The number of carbonyl (C=O) groups excluding carboxylic acids is 1. The Morgan fingerprint density at radius 3 is 2.21 bits per heavy atom. The van der Waals surface area contributed by atoms with Gasteiger partial charge < -0.3 is 4.74 Å². The van der Waals surface area contributed by atoms with E-state index in [-0.39, 0.29) is 11.6 Å². The third-order valence-corrected chi connectivity index (χ3v) is 4.46. The van der Waals surface area contributed by atoms with Gasteiger partial charge in [-0.15, -0.1) is 0 Å². The van der Waals surface area contributed by atoms with Crippen molar-refractivity contribution in [1.29, 1.82) is 0 Å². The molecule has 0 heterocycles. The van der Waals surface area contributed by atoms with Crippen LogP contribution in [-0.2, 0) is 17.7 Å². The van der Waals surface area contributed by atoms with Gasteiger partial charge in [-0.3, -0.25) is 4.90 Å². The summed E-state index contributed by atoms with van der Waals surface area (Å²) in [6.45, 7) is 7.01. The van der Waals surface area contributed by atoms with Crippen LogP contribution in [0, 0.1) is 3.57 Å². The summed E-state index contributed by atoms with van der Waals surface area (Å²) in [7, 11) is 0. The summed E-state index contributed by atoms with van der Waals surface area (Å²) in [6.07, 6.45) is 0.461. The predicted octanol–water partition coefficient (Wildman–Crippen LogP) is 5.27. The second-order valence-corrected chi connectivity index (χ2v) is 7.98. The lowest BCUT2D eigenvalue weighted by atomic mass is 10.1. The molecule has 0 aliphatic heterocycles. The zero-order valence-corrected chi connectivity index (χ0v) is 16.6. The molecule has 0 atom stereocenters. The Bertz CT molecular complexity index is 648. The van der Waals surface area contributed by atoms with E-state index in [0.29, 0.717) is 13.2 Å². The normalized spacial score (nSPS) is 11.2. The summed E-state index contributed by atoms with van der Waals surface area (Å²) < 4.78 is 6.73. The van der Waals surface area contributed by atoms with Crippen molar-refractivity contribution in [1.82, 2.24) is 4.90 Å². The number of carbonyl (C=O) groups is 1. The van der Waals surface area contributed by atoms with E-state index in [1.54, 1.807) is 4.90 Å². The van der Waals surface area contributed by atoms with Gasteiger partial charge in [0.05, 0.1) is 6.61 Å². The fourth-order valence-electron chi connectivity index (χ4n) is 2.33. The summed E-state index contributed by atoms with van der Waals surface area (Å²) in [5.74, 6) is 0. The molecular weight excluding hydrogens is 413 g/mol. The molecule has 0 unspecified atom stereocenters. The summed E-state index contributed by atoms with van der Waals surface area (Å²) in [4.78, 5) is 14.3. The highest BCUT2D eigenvalue weighted by molar-refractivity contribution is 14.1. The van der Waals surface area contributed by atoms with E-state index in [1.165, 1.54) is 9.13 Å². The predicted molar refractivity (Wildman–Crippen MR) is 106 cm³/mol. The van der Waals surface area contributed by atoms with Crippen LogP contribution in [0.2, 0.25) is 0 Å². The molecule has 0 bridgehead atoms. The maximum Gasteiger partial charge on any atom is 0.410 e. The molecule has 2 aromatic carbocycles. The first-order chi connectivity index (χ1) is 11.4. The number of hydrogen-bond acceptors (Lipinski definition) is 2. The van der Waals surface area contributed by atoms with Gasteiger partial charge in [0.25, 0.3) is 0 Å². The zero-order chi connectivity index (χ0) is 17.6. The second-order valence-electron chi connectivity index (χ2n) is 6.73. The van der Waals surface area contributed by atoms with E-state index < -0.39 is 0 Å². The first kappa shape index (κ1) is 18.8. The number of halogens is 1. The van der Waals surface area contributed by atoms with Gasteiger partial charge in [0.1, 0.15) is 0 Å². The van der Waals surface area contributed by atoms with Gasteiger partial charge in [-0.05, 0) is 66.6 Å². The average Bonchev–Trinajstić information content (AvgIpc) is 2.54. The molecule has 0 saturated carbocycles. The van der Waals surface area contributed by atoms with Crippen molar-refractivity contribution in [2.45, 2.75) is 39.3 Å². The van der Waals surface area contributed by atoms with E-state index in [9.17, 15) is 4.79 Å². The van der Waals surface area contributed by atoms with Crippen molar-refractivity contribution in [3.63, 3.8) is 0 Å². The minimum atomic E-state index is -0.296. The molecule has 0 aliphatic rings. The molecule has 3 nitrogen and oxygen atoms in total.